The summed E-state index contributed by atoms with van der Waals surface area (Å²) in [5, 5.41) is 6.20. The second-order valence-corrected chi connectivity index (χ2v) is 7.59. The molecule has 0 unspecified atom stereocenters. The minimum atomic E-state index is -0.113. The Balaban J connectivity index is 1.57. The minimum Gasteiger partial charge on any atom is -0.493 e. The molecule has 2 aliphatic rings. The number of methoxy groups -OCH3 is 1. The van der Waals surface area contributed by atoms with Gasteiger partial charge in [-0.1, -0.05) is 0 Å². The summed E-state index contributed by atoms with van der Waals surface area (Å²) in [4.78, 5) is 12.8. The summed E-state index contributed by atoms with van der Waals surface area (Å²) in [5.74, 6) is 1.37. The van der Waals surface area contributed by atoms with Crippen LogP contribution in [0.5, 0.6) is 11.5 Å². The van der Waals surface area contributed by atoms with Gasteiger partial charge in [0.1, 0.15) is 0 Å². The molecule has 6 nitrogen and oxygen atoms in total. The van der Waals surface area contributed by atoms with E-state index in [0.29, 0.717) is 17.8 Å². The van der Waals surface area contributed by atoms with Crippen molar-refractivity contribution in [1.29, 1.82) is 0 Å². The summed E-state index contributed by atoms with van der Waals surface area (Å²) in [6.07, 6.45) is 6.51. The summed E-state index contributed by atoms with van der Waals surface area (Å²) >= 11 is 0. The number of nitrogens with zero attached hydrogens (tertiary/aromatic N) is 2. The van der Waals surface area contributed by atoms with E-state index in [2.05, 4.69) is 5.10 Å². The molecule has 0 bridgehead atoms. The Bertz CT molecular complexity index is 902. The topological polar surface area (TPSA) is 77.2 Å². The Morgan fingerprint density at radius 1 is 1.07 bits per heavy atom. The number of amides is 1. The van der Waals surface area contributed by atoms with E-state index < -0.39 is 0 Å². The lowest BCUT2D eigenvalue weighted by atomic mass is 10.0. The third-order valence-corrected chi connectivity index (χ3v) is 5.51. The lowest BCUT2D eigenvalue weighted by molar-refractivity contribution is 0.0751. The van der Waals surface area contributed by atoms with Crippen LogP contribution in [0, 0.1) is 0 Å². The fraction of sp³-hybridized carbons (Fsp3) is 0.391. The van der Waals surface area contributed by atoms with Crippen molar-refractivity contribution in [2.45, 2.75) is 44.6 Å². The summed E-state index contributed by atoms with van der Waals surface area (Å²) in [6.45, 7) is 0.605. The number of rotatable bonds is 5. The maximum atomic E-state index is 12.8. The molecule has 152 valence electrons. The van der Waals surface area contributed by atoms with Crippen LogP contribution in [0.15, 0.2) is 47.6 Å². The van der Waals surface area contributed by atoms with Gasteiger partial charge in [0.2, 0.25) is 0 Å². The van der Waals surface area contributed by atoms with Crippen LogP contribution in [0.1, 0.15) is 54.4 Å². The van der Waals surface area contributed by atoms with Crippen molar-refractivity contribution in [3.8, 4) is 11.5 Å². The fourth-order valence-electron chi connectivity index (χ4n) is 3.90. The van der Waals surface area contributed by atoms with E-state index >= 15 is 0 Å². The van der Waals surface area contributed by atoms with E-state index in [1.807, 2.05) is 18.2 Å². The Labute approximate surface area is 171 Å². The van der Waals surface area contributed by atoms with Gasteiger partial charge in [0.15, 0.2) is 11.5 Å². The molecule has 2 aromatic rings. The fourth-order valence-corrected chi connectivity index (χ4v) is 3.90. The average Bonchev–Trinajstić information content (AvgIpc) is 3.27. The first-order valence-electron chi connectivity index (χ1n) is 10.2. The van der Waals surface area contributed by atoms with Crippen LogP contribution >= 0.6 is 0 Å². The first kappa shape index (κ1) is 19.3. The molecular weight excluding hydrogens is 366 g/mol. The van der Waals surface area contributed by atoms with Crippen molar-refractivity contribution in [3.63, 3.8) is 0 Å². The van der Waals surface area contributed by atoms with E-state index in [1.54, 1.807) is 36.4 Å². The number of carbonyl (C=O) groups excluding carboxylic acids is 1. The molecular formula is C23H27N3O3. The Morgan fingerprint density at radius 2 is 1.83 bits per heavy atom. The lowest BCUT2D eigenvalue weighted by Crippen LogP contribution is -2.32. The number of nitrogen functional groups attached to an aromatic ring is 1. The van der Waals surface area contributed by atoms with Crippen LogP contribution in [0.4, 0.5) is 5.69 Å². The number of anilines is 1. The van der Waals surface area contributed by atoms with Gasteiger partial charge < -0.3 is 15.2 Å². The highest BCUT2D eigenvalue weighted by Crippen LogP contribution is 2.33. The average molecular weight is 393 g/mol. The largest absolute Gasteiger partial charge is 0.493 e. The number of benzene rings is 2. The van der Waals surface area contributed by atoms with Crippen LogP contribution in [0.25, 0.3) is 0 Å². The number of hydrogen-bond acceptors (Lipinski definition) is 5. The molecule has 0 saturated heterocycles. The van der Waals surface area contributed by atoms with E-state index in [-0.39, 0.29) is 12.0 Å². The van der Waals surface area contributed by atoms with Crippen LogP contribution in [-0.2, 0) is 0 Å². The summed E-state index contributed by atoms with van der Waals surface area (Å²) in [7, 11) is 1.65. The maximum absolute atomic E-state index is 12.8. The third kappa shape index (κ3) is 4.36. The van der Waals surface area contributed by atoms with Gasteiger partial charge in [-0.25, -0.2) is 5.01 Å². The molecule has 1 heterocycles. The van der Waals surface area contributed by atoms with E-state index in [1.165, 1.54) is 12.8 Å². The van der Waals surface area contributed by atoms with Gasteiger partial charge in [-0.05, 0) is 81.0 Å². The zero-order valence-electron chi connectivity index (χ0n) is 16.8. The van der Waals surface area contributed by atoms with Crippen molar-refractivity contribution in [2.24, 2.45) is 5.10 Å². The predicted molar refractivity (Wildman–Crippen MR) is 114 cm³/mol. The summed E-state index contributed by atoms with van der Waals surface area (Å²) in [6, 6.07) is 12.8. The second kappa shape index (κ2) is 8.55. The van der Waals surface area contributed by atoms with Crippen LogP contribution in [0.2, 0.25) is 0 Å². The molecule has 2 N–H and O–H groups in total. The number of hydrogen-bond donors (Lipinski definition) is 1. The van der Waals surface area contributed by atoms with Crippen molar-refractivity contribution in [1.82, 2.24) is 5.01 Å². The van der Waals surface area contributed by atoms with Gasteiger partial charge in [0.05, 0.1) is 18.9 Å². The number of carbonyl (C=O) groups is 1. The molecule has 1 saturated carbocycles. The van der Waals surface area contributed by atoms with Gasteiger partial charge in [-0.15, -0.1) is 0 Å². The SMILES string of the molecule is COc1ccc(C2=NN(C(=O)c3ccc(N)cc3)CCC2)cc1OC1CCCC1. The normalized spacial score (nSPS) is 17.1. The molecule has 6 heteroatoms. The Hall–Kier alpha value is -3.02. The van der Waals surface area contributed by atoms with Crippen molar-refractivity contribution in [2.75, 3.05) is 19.4 Å². The molecule has 29 heavy (non-hydrogen) atoms. The second-order valence-electron chi connectivity index (χ2n) is 7.59. The summed E-state index contributed by atoms with van der Waals surface area (Å²) in [5.41, 5.74) is 8.80. The number of ether oxygens (including phenoxy) is 2. The van der Waals surface area contributed by atoms with Gasteiger partial charge in [0.25, 0.3) is 5.91 Å². The van der Waals surface area contributed by atoms with Gasteiger partial charge in [-0.2, -0.15) is 5.10 Å². The monoisotopic (exact) mass is 393 g/mol. The van der Waals surface area contributed by atoms with Gasteiger partial charge in [-0.3, -0.25) is 4.79 Å². The van der Waals surface area contributed by atoms with Gasteiger partial charge >= 0.3 is 0 Å². The van der Waals surface area contributed by atoms with Crippen LogP contribution < -0.4 is 15.2 Å². The molecule has 4 rings (SSSR count). The smallest absolute Gasteiger partial charge is 0.273 e. The Morgan fingerprint density at radius 3 is 2.55 bits per heavy atom. The highest BCUT2D eigenvalue weighted by atomic mass is 16.5. The lowest BCUT2D eigenvalue weighted by Gasteiger charge is -2.24. The van der Waals surface area contributed by atoms with Crippen molar-refractivity contribution < 1.29 is 14.3 Å². The molecule has 1 fully saturated rings. The highest BCUT2D eigenvalue weighted by molar-refractivity contribution is 6.03. The number of nitrogens with two attached hydrogens (primary N) is 1. The van der Waals surface area contributed by atoms with Crippen molar-refractivity contribution >= 4 is 17.3 Å². The Kier molecular flexibility index (Phi) is 5.69. The third-order valence-electron chi connectivity index (χ3n) is 5.51. The molecule has 0 atom stereocenters. The highest BCUT2D eigenvalue weighted by Gasteiger charge is 2.23. The quantitative estimate of drug-likeness (QED) is 0.771. The first-order valence-corrected chi connectivity index (χ1v) is 10.2. The molecule has 0 aromatic heterocycles. The molecule has 0 radical (unpaired) electrons. The predicted octanol–water partition coefficient (Wildman–Crippen LogP) is 4.24. The molecule has 1 aliphatic carbocycles. The van der Waals surface area contributed by atoms with Gasteiger partial charge in [0, 0.05) is 23.4 Å². The maximum Gasteiger partial charge on any atom is 0.273 e. The van der Waals surface area contributed by atoms with E-state index in [0.717, 1.165) is 48.5 Å². The number of hydrazone groups is 1. The first-order chi connectivity index (χ1) is 14.1. The van der Waals surface area contributed by atoms with E-state index in [4.69, 9.17) is 15.2 Å². The van der Waals surface area contributed by atoms with Crippen LogP contribution in [0.3, 0.4) is 0 Å². The summed E-state index contributed by atoms with van der Waals surface area (Å²) < 4.78 is 11.7. The molecule has 2 aromatic carbocycles. The van der Waals surface area contributed by atoms with E-state index in [9.17, 15) is 4.79 Å². The van der Waals surface area contributed by atoms with Crippen LogP contribution in [-0.4, -0.2) is 36.4 Å². The zero-order chi connectivity index (χ0) is 20.2. The minimum absolute atomic E-state index is 0.113. The van der Waals surface area contributed by atoms with Crippen molar-refractivity contribution in [3.05, 3.63) is 53.6 Å². The molecule has 0 spiro atoms. The molecule has 1 aliphatic heterocycles. The standard InChI is InChI=1S/C23H27N3O3/c1-28-21-13-10-17(15-22(21)29-19-5-2-3-6-19)20-7-4-14-26(25-20)23(27)16-8-11-18(24)12-9-16/h8-13,15,19H,2-7,14,24H2,1H3. The zero-order valence-corrected chi connectivity index (χ0v) is 16.8. The molecule has 1 amide bonds.